The number of rotatable bonds is 6. The van der Waals surface area contributed by atoms with Gasteiger partial charge in [-0.15, -0.1) is 0 Å². The predicted molar refractivity (Wildman–Crippen MR) is 105 cm³/mol. The number of aromatic nitrogens is 1. The Balaban J connectivity index is 1.53. The number of ketones is 1. The monoisotopic (exact) mass is 359 g/mol. The van der Waals surface area contributed by atoms with Gasteiger partial charge in [0.1, 0.15) is 11.5 Å². The molecular weight excluding hydrogens is 338 g/mol. The summed E-state index contributed by atoms with van der Waals surface area (Å²) >= 11 is 0. The zero-order chi connectivity index (χ0) is 18.8. The number of Topliss-reactive ketones (excluding diaryl/α,β-unsaturated/α-hetero) is 1. The number of hydrogen-bond donors (Lipinski definition) is 0. The molecule has 0 unspecified atom stereocenters. The molecule has 2 aromatic heterocycles. The summed E-state index contributed by atoms with van der Waals surface area (Å²) in [5.41, 5.74) is 2.65. The third kappa shape index (κ3) is 3.38. The van der Waals surface area contributed by atoms with Crippen molar-refractivity contribution in [3.63, 3.8) is 0 Å². The first-order chi connectivity index (χ1) is 13.1. The van der Waals surface area contributed by atoms with E-state index in [1.807, 2.05) is 74.5 Å². The standard InChI is InChI=1S/C23H21NO3/c1-16-13-21(17(2)24(16)14-19-9-6-12-26-19)22(25)15-27-23-11-5-8-18-7-3-4-10-20(18)23/h3-13H,14-15H2,1-2H3. The third-order valence-corrected chi connectivity index (χ3v) is 4.88. The van der Waals surface area contributed by atoms with Crippen LogP contribution in [0.1, 0.15) is 27.5 Å². The van der Waals surface area contributed by atoms with Crippen LogP contribution in [0.25, 0.3) is 10.8 Å². The summed E-state index contributed by atoms with van der Waals surface area (Å²) in [6, 6.07) is 19.6. The number of carbonyl (C=O) groups excluding carboxylic acids is 1. The van der Waals surface area contributed by atoms with Crippen molar-refractivity contribution >= 4 is 16.6 Å². The van der Waals surface area contributed by atoms with Gasteiger partial charge in [0.25, 0.3) is 0 Å². The van der Waals surface area contributed by atoms with Crippen LogP contribution in [0, 0.1) is 13.8 Å². The quantitative estimate of drug-likeness (QED) is 0.447. The van der Waals surface area contributed by atoms with Gasteiger partial charge in [0.15, 0.2) is 6.61 Å². The van der Waals surface area contributed by atoms with Crippen LogP contribution in [0.3, 0.4) is 0 Å². The maximum Gasteiger partial charge on any atom is 0.202 e. The topological polar surface area (TPSA) is 44.4 Å². The van der Waals surface area contributed by atoms with E-state index < -0.39 is 0 Å². The fourth-order valence-electron chi connectivity index (χ4n) is 3.43. The summed E-state index contributed by atoms with van der Waals surface area (Å²) in [4.78, 5) is 12.8. The minimum absolute atomic E-state index is 0.0129. The van der Waals surface area contributed by atoms with Crippen molar-refractivity contribution in [3.05, 3.63) is 89.6 Å². The number of ether oxygens (including phenoxy) is 1. The average Bonchev–Trinajstić information content (AvgIpc) is 3.30. The van der Waals surface area contributed by atoms with Crippen molar-refractivity contribution in [1.29, 1.82) is 0 Å². The maximum atomic E-state index is 12.8. The lowest BCUT2D eigenvalue weighted by molar-refractivity contribution is 0.0922. The fraction of sp³-hybridized carbons (Fsp3) is 0.174. The van der Waals surface area contributed by atoms with Gasteiger partial charge in [0.05, 0.1) is 12.8 Å². The SMILES string of the molecule is Cc1cc(C(=O)COc2cccc3ccccc23)c(C)n1Cc1ccco1. The number of hydrogen-bond acceptors (Lipinski definition) is 3. The number of furan rings is 1. The van der Waals surface area contributed by atoms with Crippen molar-refractivity contribution < 1.29 is 13.9 Å². The average molecular weight is 359 g/mol. The van der Waals surface area contributed by atoms with Gasteiger partial charge in [-0.3, -0.25) is 4.79 Å². The zero-order valence-electron chi connectivity index (χ0n) is 15.4. The van der Waals surface area contributed by atoms with Crippen LogP contribution in [-0.2, 0) is 6.54 Å². The van der Waals surface area contributed by atoms with Crippen LogP contribution in [0.4, 0.5) is 0 Å². The molecule has 0 saturated carbocycles. The molecule has 0 aliphatic rings. The van der Waals surface area contributed by atoms with Crippen molar-refractivity contribution in [1.82, 2.24) is 4.57 Å². The Bertz CT molecular complexity index is 1080. The number of carbonyl (C=O) groups is 1. The first-order valence-corrected chi connectivity index (χ1v) is 8.96. The Hall–Kier alpha value is -3.27. The number of nitrogens with zero attached hydrogens (tertiary/aromatic N) is 1. The number of benzene rings is 2. The molecule has 0 aliphatic carbocycles. The summed E-state index contributed by atoms with van der Waals surface area (Å²) < 4.78 is 13.4. The Kier molecular flexibility index (Phi) is 4.55. The van der Waals surface area contributed by atoms with E-state index in [-0.39, 0.29) is 12.4 Å². The van der Waals surface area contributed by atoms with Gasteiger partial charge >= 0.3 is 0 Å². The molecule has 2 aromatic carbocycles. The van der Waals surface area contributed by atoms with Crippen molar-refractivity contribution in [2.75, 3.05) is 6.61 Å². The van der Waals surface area contributed by atoms with Crippen LogP contribution >= 0.6 is 0 Å². The van der Waals surface area contributed by atoms with Crippen molar-refractivity contribution in [3.8, 4) is 5.75 Å². The number of fused-ring (bicyclic) bond motifs is 1. The molecule has 0 radical (unpaired) electrons. The van der Waals surface area contributed by atoms with Gasteiger partial charge in [-0.2, -0.15) is 0 Å². The Morgan fingerprint density at radius 2 is 1.85 bits per heavy atom. The van der Waals surface area contributed by atoms with E-state index in [1.165, 1.54) is 0 Å². The molecule has 0 atom stereocenters. The van der Waals surface area contributed by atoms with Gasteiger partial charge in [0.2, 0.25) is 5.78 Å². The van der Waals surface area contributed by atoms with Crippen LogP contribution in [0.5, 0.6) is 5.75 Å². The van der Waals surface area contributed by atoms with Gasteiger partial charge in [-0.05, 0) is 43.5 Å². The van der Waals surface area contributed by atoms with Crippen molar-refractivity contribution in [2.45, 2.75) is 20.4 Å². The van der Waals surface area contributed by atoms with Crippen LogP contribution in [0.2, 0.25) is 0 Å². The minimum Gasteiger partial charge on any atom is -0.485 e. The Morgan fingerprint density at radius 3 is 2.67 bits per heavy atom. The van der Waals surface area contributed by atoms with Gasteiger partial charge < -0.3 is 13.7 Å². The molecule has 27 heavy (non-hydrogen) atoms. The second-order valence-corrected chi connectivity index (χ2v) is 6.64. The molecule has 4 nitrogen and oxygen atoms in total. The summed E-state index contributed by atoms with van der Waals surface area (Å²) in [7, 11) is 0. The van der Waals surface area contributed by atoms with E-state index in [2.05, 4.69) is 4.57 Å². The molecule has 0 saturated heterocycles. The lowest BCUT2D eigenvalue weighted by Crippen LogP contribution is -2.13. The molecular formula is C23H21NO3. The molecule has 0 fully saturated rings. The summed E-state index contributed by atoms with van der Waals surface area (Å²) in [5.74, 6) is 1.57. The highest BCUT2D eigenvalue weighted by molar-refractivity contribution is 5.99. The lowest BCUT2D eigenvalue weighted by atomic mass is 10.1. The van der Waals surface area contributed by atoms with E-state index >= 15 is 0 Å². The molecule has 0 spiro atoms. The van der Waals surface area contributed by atoms with Crippen LogP contribution < -0.4 is 4.74 Å². The van der Waals surface area contributed by atoms with E-state index in [1.54, 1.807) is 6.26 Å². The molecule has 2 heterocycles. The molecule has 0 amide bonds. The molecule has 136 valence electrons. The van der Waals surface area contributed by atoms with Gasteiger partial charge in [0, 0.05) is 22.3 Å². The maximum absolute atomic E-state index is 12.8. The molecule has 4 rings (SSSR count). The zero-order valence-corrected chi connectivity index (χ0v) is 15.4. The highest BCUT2D eigenvalue weighted by Gasteiger charge is 2.17. The van der Waals surface area contributed by atoms with Crippen molar-refractivity contribution in [2.24, 2.45) is 0 Å². The highest BCUT2D eigenvalue weighted by Crippen LogP contribution is 2.25. The molecule has 4 aromatic rings. The minimum atomic E-state index is -0.0262. The van der Waals surface area contributed by atoms with E-state index in [0.29, 0.717) is 12.1 Å². The summed E-state index contributed by atoms with van der Waals surface area (Å²) in [6.07, 6.45) is 1.66. The summed E-state index contributed by atoms with van der Waals surface area (Å²) in [5, 5.41) is 2.11. The summed E-state index contributed by atoms with van der Waals surface area (Å²) in [6.45, 7) is 4.58. The third-order valence-electron chi connectivity index (χ3n) is 4.88. The number of aryl methyl sites for hydroxylation is 1. The molecule has 4 heteroatoms. The van der Waals surface area contributed by atoms with E-state index in [0.717, 1.165) is 33.7 Å². The first kappa shape index (κ1) is 17.2. The molecule has 0 bridgehead atoms. The second kappa shape index (κ2) is 7.16. The normalized spacial score (nSPS) is 11.0. The van der Waals surface area contributed by atoms with Gasteiger partial charge in [-0.1, -0.05) is 36.4 Å². The Morgan fingerprint density at radius 1 is 1.04 bits per heavy atom. The van der Waals surface area contributed by atoms with Gasteiger partial charge in [-0.25, -0.2) is 0 Å². The lowest BCUT2D eigenvalue weighted by Gasteiger charge is -2.10. The predicted octanol–water partition coefficient (Wildman–Crippen LogP) is 5.16. The van der Waals surface area contributed by atoms with Crippen LogP contribution in [0.15, 0.2) is 71.3 Å². The fourth-order valence-corrected chi connectivity index (χ4v) is 3.43. The Labute approximate surface area is 158 Å². The molecule has 0 aliphatic heterocycles. The largest absolute Gasteiger partial charge is 0.485 e. The smallest absolute Gasteiger partial charge is 0.202 e. The van der Waals surface area contributed by atoms with E-state index in [9.17, 15) is 4.79 Å². The van der Waals surface area contributed by atoms with Crippen LogP contribution in [-0.4, -0.2) is 17.0 Å². The first-order valence-electron chi connectivity index (χ1n) is 8.96. The molecule has 0 N–H and O–H groups in total. The second-order valence-electron chi connectivity index (χ2n) is 6.64. The highest BCUT2D eigenvalue weighted by atomic mass is 16.5. The van der Waals surface area contributed by atoms with E-state index in [4.69, 9.17) is 9.15 Å².